The first-order valence-corrected chi connectivity index (χ1v) is 5.35. The minimum Gasteiger partial charge on any atom is -0.310 e. The van der Waals surface area contributed by atoms with E-state index in [-0.39, 0.29) is 16.3 Å². The van der Waals surface area contributed by atoms with Gasteiger partial charge in [0.05, 0.1) is 4.47 Å². The minimum atomic E-state index is -0.401. The first-order valence-electron chi connectivity index (χ1n) is 4.56. The Bertz CT molecular complexity index is 348. The van der Waals surface area contributed by atoms with Crippen molar-refractivity contribution in [3.63, 3.8) is 0 Å². The molecule has 1 unspecified atom stereocenters. The summed E-state index contributed by atoms with van der Waals surface area (Å²) in [6.07, 6.45) is 1.88. The molecular formula is C10H10BrF2N. The fourth-order valence-corrected chi connectivity index (χ4v) is 2.23. The normalized spacial score (nSPS) is 21.5. The van der Waals surface area contributed by atoms with Crippen LogP contribution >= 0.6 is 15.9 Å². The van der Waals surface area contributed by atoms with Crippen molar-refractivity contribution in [2.24, 2.45) is 0 Å². The van der Waals surface area contributed by atoms with Crippen LogP contribution in [0, 0.1) is 11.6 Å². The minimum absolute atomic E-state index is 0.0398. The zero-order chi connectivity index (χ0) is 10.1. The molecule has 1 heterocycles. The number of hydrogen-bond donors (Lipinski definition) is 1. The highest BCUT2D eigenvalue weighted by atomic mass is 79.9. The van der Waals surface area contributed by atoms with E-state index in [1.807, 2.05) is 0 Å². The van der Waals surface area contributed by atoms with Crippen LogP contribution in [0.4, 0.5) is 8.78 Å². The van der Waals surface area contributed by atoms with E-state index in [9.17, 15) is 8.78 Å². The lowest BCUT2D eigenvalue weighted by atomic mass is 10.0. The molecule has 76 valence electrons. The second-order valence-corrected chi connectivity index (χ2v) is 4.29. The summed E-state index contributed by atoms with van der Waals surface area (Å²) in [7, 11) is 0. The molecule has 4 heteroatoms. The fraction of sp³-hybridized carbons (Fsp3) is 0.400. The number of hydrogen-bond acceptors (Lipinski definition) is 1. The molecule has 1 saturated heterocycles. The smallest absolute Gasteiger partial charge is 0.142 e. The molecule has 1 atom stereocenters. The second kappa shape index (κ2) is 3.95. The third kappa shape index (κ3) is 1.81. The average Bonchev–Trinajstić information content (AvgIpc) is 2.63. The lowest BCUT2D eigenvalue weighted by Crippen LogP contribution is -2.14. The molecule has 1 aromatic carbocycles. The van der Waals surface area contributed by atoms with E-state index in [1.54, 1.807) is 0 Å². The maximum Gasteiger partial charge on any atom is 0.142 e. The topological polar surface area (TPSA) is 12.0 Å². The van der Waals surface area contributed by atoms with Crippen LogP contribution in [0.15, 0.2) is 16.6 Å². The Kier molecular flexibility index (Phi) is 2.83. The molecule has 0 bridgehead atoms. The molecule has 0 spiro atoms. The van der Waals surface area contributed by atoms with Gasteiger partial charge in [-0.25, -0.2) is 8.78 Å². The summed E-state index contributed by atoms with van der Waals surface area (Å²) in [6, 6.07) is 2.37. The van der Waals surface area contributed by atoms with Crippen molar-refractivity contribution in [1.82, 2.24) is 5.32 Å². The number of nitrogens with one attached hydrogen (secondary N) is 1. The van der Waals surface area contributed by atoms with E-state index in [4.69, 9.17) is 0 Å². The van der Waals surface area contributed by atoms with E-state index in [2.05, 4.69) is 21.2 Å². The average molecular weight is 262 g/mol. The van der Waals surface area contributed by atoms with E-state index in [0.29, 0.717) is 5.56 Å². The van der Waals surface area contributed by atoms with Crippen LogP contribution in [0.5, 0.6) is 0 Å². The number of halogens is 3. The van der Waals surface area contributed by atoms with Crippen LogP contribution < -0.4 is 5.32 Å². The predicted octanol–water partition coefficient (Wildman–Crippen LogP) is 3.15. The third-order valence-electron chi connectivity index (χ3n) is 2.46. The SMILES string of the molecule is Fc1cc(Br)c(F)c(C2CCCN2)c1. The van der Waals surface area contributed by atoms with Gasteiger partial charge in [-0.2, -0.15) is 0 Å². The van der Waals surface area contributed by atoms with Gasteiger partial charge in [0.15, 0.2) is 0 Å². The van der Waals surface area contributed by atoms with Gasteiger partial charge in [-0.15, -0.1) is 0 Å². The van der Waals surface area contributed by atoms with Crippen molar-refractivity contribution in [2.75, 3.05) is 6.54 Å². The van der Waals surface area contributed by atoms with Gasteiger partial charge in [0, 0.05) is 11.6 Å². The highest BCUT2D eigenvalue weighted by Gasteiger charge is 2.21. The van der Waals surface area contributed by atoms with E-state index < -0.39 is 5.82 Å². The Morgan fingerprint density at radius 1 is 1.36 bits per heavy atom. The summed E-state index contributed by atoms with van der Waals surface area (Å²) in [5, 5.41) is 3.14. The molecule has 0 saturated carbocycles. The van der Waals surface area contributed by atoms with Crippen molar-refractivity contribution in [1.29, 1.82) is 0 Å². The van der Waals surface area contributed by atoms with Gasteiger partial charge in [0.25, 0.3) is 0 Å². The Morgan fingerprint density at radius 2 is 2.14 bits per heavy atom. The molecule has 0 aromatic heterocycles. The molecular weight excluding hydrogens is 252 g/mol. The summed E-state index contributed by atoms with van der Waals surface area (Å²) < 4.78 is 26.8. The standard InChI is InChI=1S/C10H10BrF2N/c11-8-5-6(12)4-7(10(8)13)9-2-1-3-14-9/h4-5,9,14H,1-3H2. The van der Waals surface area contributed by atoms with Crippen molar-refractivity contribution in [2.45, 2.75) is 18.9 Å². The maximum atomic E-state index is 13.6. The van der Waals surface area contributed by atoms with Gasteiger partial charge in [-0.1, -0.05) is 0 Å². The van der Waals surface area contributed by atoms with E-state index in [1.165, 1.54) is 6.07 Å². The van der Waals surface area contributed by atoms with Gasteiger partial charge in [-0.05, 0) is 47.4 Å². The summed E-state index contributed by atoms with van der Waals surface area (Å²) in [5.74, 6) is -0.757. The molecule has 1 fully saturated rings. The molecule has 1 aliphatic heterocycles. The first-order chi connectivity index (χ1) is 6.68. The third-order valence-corrected chi connectivity index (χ3v) is 3.03. The summed E-state index contributed by atoms with van der Waals surface area (Å²) in [5.41, 5.74) is 0.425. The Labute approximate surface area is 89.6 Å². The lowest BCUT2D eigenvalue weighted by Gasteiger charge is -2.12. The monoisotopic (exact) mass is 261 g/mol. The van der Waals surface area contributed by atoms with Gasteiger partial charge in [0.2, 0.25) is 0 Å². The Balaban J connectivity index is 2.40. The molecule has 1 nitrogen and oxygen atoms in total. The Hall–Kier alpha value is -0.480. The zero-order valence-corrected chi connectivity index (χ0v) is 9.07. The highest BCUT2D eigenvalue weighted by Crippen LogP contribution is 2.29. The van der Waals surface area contributed by atoms with Crippen LogP contribution in [0.2, 0.25) is 0 Å². The van der Waals surface area contributed by atoms with Crippen molar-refractivity contribution >= 4 is 15.9 Å². The van der Waals surface area contributed by atoms with Crippen molar-refractivity contribution < 1.29 is 8.78 Å². The summed E-state index contributed by atoms with van der Waals surface area (Å²) >= 11 is 3.00. The number of rotatable bonds is 1. The second-order valence-electron chi connectivity index (χ2n) is 3.44. The fourth-order valence-electron chi connectivity index (χ4n) is 1.78. The first kappa shape index (κ1) is 10.1. The van der Waals surface area contributed by atoms with Gasteiger partial charge in [0.1, 0.15) is 11.6 Å². The molecule has 2 rings (SSSR count). The summed E-state index contributed by atoms with van der Waals surface area (Å²) in [4.78, 5) is 0. The molecule has 0 radical (unpaired) electrons. The van der Waals surface area contributed by atoms with Crippen LogP contribution in [0.3, 0.4) is 0 Å². The van der Waals surface area contributed by atoms with Crippen LogP contribution in [0.1, 0.15) is 24.4 Å². The Morgan fingerprint density at radius 3 is 2.79 bits per heavy atom. The molecule has 14 heavy (non-hydrogen) atoms. The van der Waals surface area contributed by atoms with Gasteiger partial charge < -0.3 is 5.32 Å². The van der Waals surface area contributed by atoms with Gasteiger partial charge in [-0.3, -0.25) is 0 Å². The molecule has 1 N–H and O–H groups in total. The molecule has 1 aromatic rings. The highest BCUT2D eigenvalue weighted by molar-refractivity contribution is 9.10. The molecule has 0 amide bonds. The lowest BCUT2D eigenvalue weighted by molar-refractivity contribution is 0.539. The predicted molar refractivity (Wildman–Crippen MR) is 54.0 cm³/mol. The zero-order valence-electron chi connectivity index (χ0n) is 7.49. The van der Waals surface area contributed by atoms with Gasteiger partial charge >= 0.3 is 0 Å². The van der Waals surface area contributed by atoms with Crippen LogP contribution in [0.25, 0.3) is 0 Å². The van der Waals surface area contributed by atoms with Crippen molar-refractivity contribution in [3.05, 3.63) is 33.8 Å². The van der Waals surface area contributed by atoms with Crippen molar-refractivity contribution in [3.8, 4) is 0 Å². The molecule has 0 aliphatic carbocycles. The quantitative estimate of drug-likeness (QED) is 0.766. The van der Waals surface area contributed by atoms with Crippen LogP contribution in [-0.4, -0.2) is 6.54 Å². The maximum absolute atomic E-state index is 13.6. The number of benzene rings is 1. The van der Waals surface area contributed by atoms with E-state index in [0.717, 1.165) is 25.5 Å². The largest absolute Gasteiger partial charge is 0.310 e. The van der Waals surface area contributed by atoms with Crippen LogP contribution in [-0.2, 0) is 0 Å². The summed E-state index contributed by atoms with van der Waals surface area (Å²) in [6.45, 7) is 0.873. The molecule has 1 aliphatic rings. The van der Waals surface area contributed by atoms with E-state index >= 15 is 0 Å².